The number of hydrogen-bond donors (Lipinski definition) is 1. The highest BCUT2D eigenvalue weighted by Gasteiger charge is 2.21. The summed E-state index contributed by atoms with van der Waals surface area (Å²) in [4.78, 5) is 0. The van der Waals surface area contributed by atoms with E-state index in [-0.39, 0.29) is 5.41 Å². The minimum Gasteiger partial charge on any atom is -0.386 e. The maximum Gasteiger partial charge on any atom is 0.0774 e. The Bertz CT molecular complexity index is 258. The quantitative estimate of drug-likeness (QED) is 0.693. The van der Waals surface area contributed by atoms with Gasteiger partial charge in [0, 0.05) is 0 Å². The highest BCUT2D eigenvalue weighted by Crippen LogP contribution is 2.32. The van der Waals surface area contributed by atoms with Gasteiger partial charge in [0.1, 0.15) is 0 Å². The fourth-order valence-electron chi connectivity index (χ4n) is 1.35. The van der Waals surface area contributed by atoms with Gasteiger partial charge in [-0.1, -0.05) is 37.1 Å². The van der Waals surface area contributed by atoms with Crippen molar-refractivity contribution in [1.82, 2.24) is 0 Å². The molecule has 1 nitrogen and oxygen atoms in total. The zero-order valence-electron chi connectivity index (χ0n) is 11.3. The monoisotopic (exact) mass is 210 g/mol. The Morgan fingerprint density at radius 3 is 1.87 bits per heavy atom. The lowest BCUT2D eigenvalue weighted by Crippen LogP contribution is -2.20. The van der Waals surface area contributed by atoms with Crippen molar-refractivity contribution in [2.24, 2.45) is 5.41 Å². The summed E-state index contributed by atoms with van der Waals surface area (Å²) in [5, 5.41) is 9.74. The summed E-state index contributed by atoms with van der Waals surface area (Å²) >= 11 is 0. The number of aliphatic hydroxyl groups is 1. The van der Waals surface area contributed by atoms with Gasteiger partial charge in [0.15, 0.2) is 0 Å². The summed E-state index contributed by atoms with van der Waals surface area (Å²) in [7, 11) is 0. The first kappa shape index (κ1) is 14.4. The van der Waals surface area contributed by atoms with Crippen LogP contribution in [-0.4, -0.2) is 10.7 Å². The van der Waals surface area contributed by atoms with Crippen molar-refractivity contribution in [3.05, 3.63) is 23.3 Å². The Labute approximate surface area is 94.9 Å². The predicted molar refractivity (Wildman–Crippen MR) is 67.9 cm³/mol. The van der Waals surface area contributed by atoms with E-state index in [4.69, 9.17) is 0 Å². The molecule has 0 saturated heterocycles. The fraction of sp³-hybridized carbons (Fsp3) is 0.714. The molecule has 0 aliphatic rings. The summed E-state index contributed by atoms with van der Waals surface area (Å²) < 4.78 is 0. The van der Waals surface area contributed by atoms with E-state index in [1.807, 2.05) is 19.9 Å². The predicted octanol–water partition coefficient (Wildman–Crippen LogP) is 4.09. The Morgan fingerprint density at radius 1 is 1.07 bits per heavy atom. The minimum absolute atomic E-state index is 0.122. The van der Waals surface area contributed by atoms with Gasteiger partial charge >= 0.3 is 0 Å². The molecule has 1 N–H and O–H groups in total. The summed E-state index contributed by atoms with van der Waals surface area (Å²) in [6.07, 6.45) is 5.22. The van der Waals surface area contributed by atoms with Crippen LogP contribution in [0.5, 0.6) is 0 Å². The lowest BCUT2D eigenvalue weighted by Gasteiger charge is -2.27. The van der Waals surface area contributed by atoms with Crippen LogP contribution >= 0.6 is 0 Å². The van der Waals surface area contributed by atoms with E-state index < -0.39 is 5.60 Å². The van der Waals surface area contributed by atoms with Gasteiger partial charge in [-0.3, -0.25) is 0 Å². The van der Waals surface area contributed by atoms with Gasteiger partial charge < -0.3 is 5.11 Å². The molecule has 0 aliphatic carbocycles. The van der Waals surface area contributed by atoms with E-state index in [9.17, 15) is 5.11 Å². The molecule has 0 amide bonds. The Morgan fingerprint density at radius 2 is 1.53 bits per heavy atom. The standard InChI is InChI=1S/C14H26O/c1-11(2)8-9-13(4,5)12(3)10-14(6,7)15/h8,10,15H,9H2,1-7H3/b12-10+. The second-order valence-corrected chi connectivity index (χ2v) is 5.85. The van der Waals surface area contributed by atoms with Crippen LogP contribution < -0.4 is 0 Å². The van der Waals surface area contributed by atoms with Crippen molar-refractivity contribution in [3.63, 3.8) is 0 Å². The molecule has 0 aromatic heterocycles. The van der Waals surface area contributed by atoms with E-state index in [2.05, 4.69) is 40.7 Å². The Balaban J connectivity index is 4.73. The Hall–Kier alpha value is -0.560. The van der Waals surface area contributed by atoms with Gasteiger partial charge in [0.05, 0.1) is 5.60 Å². The third-order valence-electron chi connectivity index (χ3n) is 2.66. The van der Waals surface area contributed by atoms with Crippen molar-refractivity contribution in [2.75, 3.05) is 0 Å². The molecule has 0 bridgehead atoms. The summed E-state index contributed by atoms with van der Waals surface area (Å²) in [5.74, 6) is 0. The van der Waals surface area contributed by atoms with Crippen molar-refractivity contribution in [1.29, 1.82) is 0 Å². The van der Waals surface area contributed by atoms with E-state index >= 15 is 0 Å². The van der Waals surface area contributed by atoms with Crippen molar-refractivity contribution in [3.8, 4) is 0 Å². The van der Waals surface area contributed by atoms with E-state index in [1.54, 1.807) is 0 Å². The van der Waals surface area contributed by atoms with Gasteiger partial charge in [-0.25, -0.2) is 0 Å². The van der Waals surface area contributed by atoms with Crippen molar-refractivity contribution in [2.45, 2.75) is 60.5 Å². The van der Waals surface area contributed by atoms with Crippen LogP contribution in [0, 0.1) is 5.41 Å². The first-order chi connectivity index (χ1) is 6.54. The molecule has 88 valence electrons. The zero-order chi connectivity index (χ0) is 12.3. The van der Waals surface area contributed by atoms with E-state index in [1.165, 1.54) is 11.1 Å². The largest absolute Gasteiger partial charge is 0.386 e. The lowest BCUT2D eigenvalue weighted by atomic mass is 9.80. The first-order valence-corrected chi connectivity index (χ1v) is 5.60. The molecule has 0 unspecified atom stereocenters. The highest BCUT2D eigenvalue weighted by molar-refractivity contribution is 5.16. The average molecular weight is 210 g/mol. The molecule has 0 aromatic carbocycles. The zero-order valence-corrected chi connectivity index (χ0v) is 11.3. The number of hydrogen-bond acceptors (Lipinski definition) is 1. The van der Waals surface area contributed by atoms with E-state index in [0.29, 0.717) is 0 Å². The topological polar surface area (TPSA) is 20.2 Å². The van der Waals surface area contributed by atoms with Crippen LogP contribution in [0.3, 0.4) is 0 Å². The molecule has 0 spiro atoms. The maximum atomic E-state index is 9.74. The molecule has 0 fully saturated rings. The Kier molecular flexibility index (Phi) is 4.79. The molecule has 0 heterocycles. The minimum atomic E-state index is -0.716. The van der Waals surface area contributed by atoms with Crippen LogP contribution in [0.25, 0.3) is 0 Å². The highest BCUT2D eigenvalue weighted by atomic mass is 16.3. The molecular formula is C14H26O. The maximum absolute atomic E-state index is 9.74. The van der Waals surface area contributed by atoms with Gasteiger partial charge in [0.25, 0.3) is 0 Å². The van der Waals surface area contributed by atoms with Crippen LogP contribution in [0.1, 0.15) is 54.9 Å². The normalized spacial score (nSPS) is 14.0. The second-order valence-electron chi connectivity index (χ2n) is 5.85. The van der Waals surface area contributed by atoms with Gasteiger partial charge in [0.2, 0.25) is 0 Å². The molecular weight excluding hydrogens is 184 g/mol. The first-order valence-electron chi connectivity index (χ1n) is 5.60. The second kappa shape index (κ2) is 4.98. The average Bonchev–Trinajstić information content (AvgIpc) is 1.97. The molecule has 0 aliphatic heterocycles. The molecule has 0 radical (unpaired) electrons. The van der Waals surface area contributed by atoms with Gasteiger partial charge in [-0.2, -0.15) is 0 Å². The van der Waals surface area contributed by atoms with Crippen molar-refractivity contribution >= 4 is 0 Å². The summed E-state index contributed by atoms with van der Waals surface area (Å²) in [6, 6.07) is 0. The van der Waals surface area contributed by atoms with Crippen LogP contribution in [0.15, 0.2) is 23.3 Å². The summed E-state index contributed by atoms with van der Waals surface area (Å²) in [6.45, 7) is 14.4. The molecule has 0 saturated carbocycles. The summed E-state index contributed by atoms with van der Waals surface area (Å²) in [5.41, 5.74) is 2.00. The van der Waals surface area contributed by atoms with E-state index in [0.717, 1.165) is 6.42 Å². The van der Waals surface area contributed by atoms with Crippen LogP contribution in [0.2, 0.25) is 0 Å². The van der Waals surface area contributed by atoms with Gasteiger partial charge in [-0.05, 0) is 46.5 Å². The molecule has 0 aromatic rings. The lowest BCUT2D eigenvalue weighted by molar-refractivity contribution is 0.130. The van der Waals surface area contributed by atoms with Crippen molar-refractivity contribution < 1.29 is 5.11 Å². The third-order valence-corrected chi connectivity index (χ3v) is 2.66. The number of allylic oxidation sites excluding steroid dienone is 3. The number of rotatable bonds is 4. The molecule has 1 heteroatoms. The molecule has 15 heavy (non-hydrogen) atoms. The smallest absolute Gasteiger partial charge is 0.0774 e. The van der Waals surface area contributed by atoms with Crippen LogP contribution in [-0.2, 0) is 0 Å². The molecule has 0 atom stereocenters. The molecule has 0 rings (SSSR count). The SMILES string of the molecule is CC(C)=CCC(C)(C)/C(C)=C/C(C)(C)O. The fourth-order valence-corrected chi connectivity index (χ4v) is 1.35. The van der Waals surface area contributed by atoms with Gasteiger partial charge in [-0.15, -0.1) is 0 Å². The third kappa shape index (κ3) is 6.51. The van der Waals surface area contributed by atoms with Crippen LogP contribution in [0.4, 0.5) is 0 Å².